The monoisotopic (exact) mass is 267 g/mol. The van der Waals surface area contributed by atoms with Crippen LogP contribution in [0, 0.1) is 6.92 Å². The number of carbonyl (C=O) groups excluding carboxylic acids is 1. The van der Waals surface area contributed by atoms with E-state index in [1.807, 2.05) is 20.8 Å². The number of hydrogen-bond donors (Lipinski definition) is 2. The van der Waals surface area contributed by atoms with E-state index in [0.717, 1.165) is 11.3 Å². The number of nitrogens with one attached hydrogen (secondary N) is 1. The zero-order chi connectivity index (χ0) is 14.6. The lowest BCUT2D eigenvalue weighted by atomic mass is 9.96. The molecule has 0 radical (unpaired) electrons. The maximum absolute atomic E-state index is 12.1. The first-order valence-corrected chi connectivity index (χ1v) is 6.49. The van der Waals surface area contributed by atoms with Gasteiger partial charge in [0, 0.05) is 6.42 Å². The molecule has 1 amide bonds. The average Bonchev–Trinajstić information content (AvgIpc) is 2.70. The molecule has 0 saturated heterocycles. The van der Waals surface area contributed by atoms with E-state index >= 15 is 0 Å². The highest BCUT2D eigenvalue weighted by atomic mass is 16.4. The second kappa shape index (κ2) is 5.91. The molecule has 0 aliphatic heterocycles. The molecular formula is C14H21NO4. The van der Waals surface area contributed by atoms with Crippen LogP contribution in [0.25, 0.3) is 0 Å². The minimum Gasteiger partial charge on any atom is -0.480 e. The fourth-order valence-electron chi connectivity index (χ4n) is 2.02. The Morgan fingerprint density at radius 1 is 1.42 bits per heavy atom. The smallest absolute Gasteiger partial charge is 0.329 e. The maximum atomic E-state index is 12.1. The molecule has 2 N–H and O–H groups in total. The summed E-state index contributed by atoms with van der Waals surface area (Å²) < 4.78 is 5.42. The minimum absolute atomic E-state index is 0.165. The van der Waals surface area contributed by atoms with Crippen LogP contribution in [0.5, 0.6) is 0 Å². The highest BCUT2D eigenvalue weighted by molar-refractivity contribution is 5.95. The first-order chi connectivity index (χ1) is 8.84. The van der Waals surface area contributed by atoms with E-state index in [1.54, 1.807) is 6.07 Å². The third-order valence-electron chi connectivity index (χ3n) is 3.18. The van der Waals surface area contributed by atoms with E-state index in [2.05, 4.69) is 5.32 Å². The van der Waals surface area contributed by atoms with Gasteiger partial charge in [0.2, 0.25) is 0 Å². The summed E-state index contributed by atoms with van der Waals surface area (Å²) in [5.41, 5.74) is -0.362. The van der Waals surface area contributed by atoms with Crippen LogP contribution in [-0.2, 0) is 11.2 Å². The Morgan fingerprint density at radius 2 is 2.05 bits per heavy atom. The third kappa shape index (κ3) is 3.36. The molecule has 0 fully saturated rings. The van der Waals surface area contributed by atoms with Gasteiger partial charge >= 0.3 is 5.97 Å². The van der Waals surface area contributed by atoms with Crippen molar-refractivity contribution < 1.29 is 19.1 Å². The fraction of sp³-hybridized carbons (Fsp3) is 0.571. The molecule has 1 unspecified atom stereocenters. The topological polar surface area (TPSA) is 79.5 Å². The molecule has 0 bridgehead atoms. The van der Waals surface area contributed by atoms with Crippen molar-refractivity contribution in [1.82, 2.24) is 5.32 Å². The first kappa shape index (κ1) is 15.3. The summed E-state index contributed by atoms with van der Waals surface area (Å²) in [5.74, 6) is -0.613. The van der Waals surface area contributed by atoms with Crippen molar-refractivity contribution in [3.63, 3.8) is 0 Å². The largest absolute Gasteiger partial charge is 0.480 e. The molecular weight excluding hydrogens is 246 g/mol. The van der Waals surface area contributed by atoms with E-state index in [4.69, 9.17) is 4.42 Å². The van der Waals surface area contributed by atoms with Gasteiger partial charge in [-0.3, -0.25) is 4.79 Å². The normalized spacial score (nSPS) is 13.9. The molecule has 0 aliphatic carbocycles. The summed E-state index contributed by atoms with van der Waals surface area (Å²) >= 11 is 0. The van der Waals surface area contributed by atoms with E-state index in [-0.39, 0.29) is 5.76 Å². The van der Waals surface area contributed by atoms with Gasteiger partial charge in [-0.15, -0.1) is 0 Å². The second-order valence-electron chi connectivity index (χ2n) is 4.91. The molecule has 19 heavy (non-hydrogen) atoms. The first-order valence-electron chi connectivity index (χ1n) is 6.49. The molecule has 5 heteroatoms. The molecule has 1 aromatic heterocycles. The van der Waals surface area contributed by atoms with Crippen LogP contribution in [0.2, 0.25) is 0 Å². The Bertz CT molecular complexity index is 478. The van der Waals surface area contributed by atoms with Crippen molar-refractivity contribution in [3.8, 4) is 0 Å². The van der Waals surface area contributed by atoms with E-state index < -0.39 is 17.4 Å². The minimum atomic E-state index is -1.26. The van der Waals surface area contributed by atoms with Crippen LogP contribution in [0.15, 0.2) is 10.5 Å². The number of aryl methyl sites for hydroxylation is 2. The Kier molecular flexibility index (Phi) is 4.75. The number of rotatable bonds is 6. The van der Waals surface area contributed by atoms with Gasteiger partial charge in [0.15, 0.2) is 5.76 Å². The lowest BCUT2D eigenvalue weighted by Gasteiger charge is -2.25. The number of carbonyl (C=O) groups is 2. The summed E-state index contributed by atoms with van der Waals surface area (Å²) in [5, 5.41) is 11.8. The van der Waals surface area contributed by atoms with Gasteiger partial charge in [0.25, 0.3) is 5.91 Å². The lowest BCUT2D eigenvalue weighted by Crippen LogP contribution is -2.52. The van der Waals surface area contributed by atoms with Gasteiger partial charge in [-0.25, -0.2) is 4.79 Å². The number of furan rings is 1. The standard InChI is InChI=1S/C14H21NO4/c1-5-7-14(4,13(17)18)15-12(16)11-8-9(3)10(6-2)19-11/h8H,5-7H2,1-4H3,(H,15,16)(H,17,18). The van der Waals surface area contributed by atoms with Crippen molar-refractivity contribution in [2.75, 3.05) is 0 Å². The van der Waals surface area contributed by atoms with Crippen LogP contribution >= 0.6 is 0 Å². The van der Waals surface area contributed by atoms with Crippen LogP contribution in [0.3, 0.4) is 0 Å². The number of amides is 1. The van der Waals surface area contributed by atoms with Crippen molar-refractivity contribution in [1.29, 1.82) is 0 Å². The summed E-state index contributed by atoms with van der Waals surface area (Å²) in [6.45, 7) is 7.18. The molecule has 0 aromatic carbocycles. The highest BCUT2D eigenvalue weighted by Gasteiger charge is 2.34. The molecule has 0 saturated carbocycles. The van der Waals surface area contributed by atoms with Gasteiger partial charge in [-0.2, -0.15) is 0 Å². The Balaban J connectivity index is 2.90. The van der Waals surface area contributed by atoms with E-state index in [0.29, 0.717) is 19.3 Å². The van der Waals surface area contributed by atoms with E-state index in [1.165, 1.54) is 6.92 Å². The summed E-state index contributed by atoms with van der Waals surface area (Å²) in [6.07, 6.45) is 1.74. The van der Waals surface area contributed by atoms with E-state index in [9.17, 15) is 14.7 Å². The fourth-order valence-corrected chi connectivity index (χ4v) is 2.02. The van der Waals surface area contributed by atoms with Gasteiger partial charge in [-0.1, -0.05) is 20.3 Å². The Morgan fingerprint density at radius 3 is 2.47 bits per heavy atom. The van der Waals surface area contributed by atoms with Gasteiger partial charge < -0.3 is 14.8 Å². The zero-order valence-corrected chi connectivity index (χ0v) is 11.9. The summed E-state index contributed by atoms with van der Waals surface area (Å²) in [7, 11) is 0. The molecule has 0 aliphatic rings. The number of aliphatic carboxylic acids is 1. The molecule has 1 rings (SSSR count). The van der Waals surface area contributed by atoms with Gasteiger partial charge in [0.05, 0.1) is 0 Å². The third-order valence-corrected chi connectivity index (χ3v) is 3.18. The predicted octanol–water partition coefficient (Wildman–Crippen LogP) is 2.52. The predicted molar refractivity (Wildman–Crippen MR) is 71.2 cm³/mol. The number of carboxylic acids is 1. The van der Waals surface area contributed by atoms with Gasteiger partial charge in [0.1, 0.15) is 11.3 Å². The van der Waals surface area contributed by atoms with Crippen LogP contribution in [0.1, 0.15) is 55.5 Å². The van der Waals surface area contributed by atoms with Crippen molar-refractivity contribution in [2.24, 2.45) is 0 Å². The molecule has 1 heterocycles. The number of carboxylic acid groups (broad SMARTS) is 1. The zero-order valence-electron chi connectivity index (χ0n) is 11.9. The second-order valence-corrected chi connectivity index (χ2v) is 4.91. The number of hydrogen-bond acceptors (Lipinski definition) is 3. The summed E-state index contributed by atoms with van der Waals surface area (Å²) in [4.78, 5) is 23.3. The van der Waals surface area contributed by atoms with Crippen molar-refractivity contribution >= 4 is 11.9 Å². The lowest BCUT2D eigenvalue weighted by molar-refractivity contribution is -0.144. The quantitative estimate of drug-likeness (QED) is 0.830. The van der Waals surface area contributed by atoms with Crippen LogP contribution in [-0.4, -0.2) is 22.5 Å². The van der Waals surface area contributed by atoms with Crippen molar-refractivity contribution in [2.45, 2.75) is 52.5 Å². The average molecular weight is 267 g/mol. The van der Waals surface area contributed by atoms with Crippen LogP contribution in [0.4, 0.5) is 0 Å². The molecule has 5 nitrogen and oxygen atoms in total. The Hall–Kier alpha value is -1.78. The van der Waals surface area contributed by atoms with Crippen molar-refractivity contribution in [3.05, 3.63) is 23.2 Å². The molecule has 0 spiro atoms. The molecule has 1 atom stereocenters. The SMILES string of the molecule is CCCC(C)(NC(=O)c1cc(C)c(CC)o1)C(=O)O. The highest BCUT2D eigenvalue weighted by Crippen LogP contribution is 2.18. The van der Waals surface area contributed by atoms with Gasteiger partial charge in [-0.05, 0) is 31.9 Å². The summed E-state index contributed by atoms with van der Waals surface area (Å²) in [6, 6.07) is 1.64. The molecule has 106 valence electrons. The Labute approximate surface area is 113 Å². The maximum Gasteiger partial charge on any atom is 0.329 e. The molecule has 1 aromatic rings. The van der Waals surface area contributed by atoms with Crippen LogP contribution < -0.4 is 5.32 Å².